The number of esters is 1. The molecule has 0 amide bonds. The van der Waals surface area contributed by atoms with E-state index < -0.39 is 0 Å². The van der Waals surface area contributed by atoms with Gasteiger partial charge in [0.2, 0.25) is 5.78 Å². The molecule has 0 aliphatic carbocycles. The van der Waals surface area contributed by atoms with Gasteiger partial charge in [0.15, 0.2) is 6.10 Å². The first kappa shape index (κ1) is 26.0. The maximum atomic E-state index is 13.7. The number of hydrogen-bond donors (Lipinski definition) is 1. The number of methoxy groups -OCH3 is 1. The van der Waals surface area contributed by atoms with Crippen molar-refractivity contribution < 1.29 is 23.5 Å². The number of carbonyl (C=O) groups is 2. The van der Waals surface area contributed by atoms with E-state index in [0.29, 0.717) is 36.5 Å². The first-order valence-corrected chi connectivity index (χ1v) is 13.6. The standard InChI is InChI=1S/C32H37N2O4/c1-37-28-14-12-24(13-15-28)29(16-19-33-27-10-6-3-7-11-27)32(36)38-31-23-34(20-17-26(31)18-21-34)22-30(35)25-8-4-2-5-9-25/h2-15,26,29,31,33H,16-23H2,1H3/q+1. The second-order valence-corrected chi connectivity index (χ2v) is 10.6. The van der Waals surface area contributed by atoms with Crippen LogP contribution >= 0.6 is 0 Å². The molecule has 0 radical (unpaired) electrons. The number of quaternary nitrogens is 1. The summed E-state index contributed by atoms with van der Waals surface area (Å²) in [5.41, 5.74) is 2.71. The van der Waals surface area contributed by atoms with E-state index >= 15 is 0 Å². The summed E-state index contributed by atoms with van der Waals surface area (Å²) in [7, 11) is 1.64. The summed E-state index contributed by atoms with van der Waals surface area (Å²) in [5, 5.41) is 3.42. The topological polar surface area (TPSA) is 64.6 Å². The first-order valence-electron chi connectivity index (χ1n) is 13.6. The molecule has 198 valence electrons. The number of nitrogens with zero attached hydrogens (tertiary/aromatic N) is 1. The molecule has 2 unspecified atom stereocenters. The number of ether oxygens (including phenoxy) is 2. The van der Waals surface area contributed by atoms with Gasteiger partial charge >= 0.3 is 5.97 Å². The van der Waals surface area contributed by atoms with Crippen molar-refractivity contribution in [3.05, 3.63) is 96.1 Å². The summed E-state index contributed by atoms with van der Waals surface area (Å²) >= 11 is 0. The monoisotopic (exact) mass is 513 g/mol. The second-order valence-electron chi connectivity index (χ2n) is 10.6. The Balaban J connectivity index is 1.27. The van der Waals surface area contributed by atoms with Gasteiger partial charge in [-0.15, -0.1) is 0 Å². The molecular formula is C32H37N2O4+. The van der Waals surface area contributed by atoms with Crippen molar-refractivity contribution in [2.45, 2.75) is 31.3 Å². The van der Waals surface area contributed by atoms with Gasteiger partial charge in [-0.05, 0) is 36.2 Å². The number of hydrogen-bond acceptors (Lipinski definition) is 5. The third kappa shape index (κ3) is 6.08. The fourth-order valence-electron chi connectivity index (χ4n) is 6.00. The van der Waals surface area contributed by atoms with Gasteiger partial charge in [-0.25, -0.2) is 0 Å². The van der Waals surface area contributed by atoms with Crippen LogP contribution in [-0.4, -0.2) is 62.2 Å². The van der Waals surface area contributed by atoms with Crippen LogP contribution in [0.25, 0.3) is 0 Å². The van der Waals surface area contributed by atoms with Crippen molar-refractivity contribution in [1.29, 1.82) is 0 Å². The maximum Gasteiger partial charge on any atom is 0.313 e. The molecule has 3 aromatic rings. The highest BCUT2D eigenvalue weighted by Gasteiger charge is 2.49. The van der Waals surface area contributed by atoms with Crippen molar-refractivity contribution in [2.24, 2.45) is 5.92 Å². The van der Waals surface area contributed by atoms with Gasteiger partial charge in [0, 0.05) is 36.6 Å². The lowest BCUT2D eigenvalue weighted by atomic mass is 9.82. The van der Waals surface area contributed by atoms with Crippen molar-refractivity contribution in [2.75, 3.05) is 45.2 Å². The quantitative estimate of drug-likeness (QED) is 0.214. The highest BCUT2D eigenvalue weighted by Crippen LogP contribution is 2.37. The van der Waals surface area contributed by atoms with E-state index in [-0.39, 0.29) is 23.8 Å². The Labute approximate surface area is 225 Å². The summed E-state index contributed by atoms with van der Waals surface area (Å²) in [6.07, 6.45) is 2.44. The Bertz CT molecular complexity index is 1210. The van der Waals surface area contributed by atoms with Crippen LogP contribution in [0.3, 0.4) is 0 Å². The summed E-state index contributed by atoms with van der Waals surface area (Å²) in [6, 6.07) is 27.2. The van der Waals surface area contributed by atoms with Gasteiger partial charge in [-0.2, -0.15) is 0 Å². The van der Waals surface area contributed by atoms with E-state index in [0.717, 1.165) is 48.5 Å². The molecule has 2 bridgehead atoms. The van der Waals surface area contributed by atoms with Gasteiger partial charge in [-0.1, -0.05) is 60.7 Å². The second kappa shape index (κ2) is 11.8. The first-order chi connectivity index (χ1) is 18.5. The zero-order valence-electron chi connectivity index (χ0n) is 22.1. The molecule has 0 aromatic heterocycles. The molecule has 6 rings (SSSR count). The molecular weight excluding hydrogens is 476 g/mol. The molecule has 3 saturated heterocycles. The summed E-state index contributed by atoms with van der Waals surface area (Å²) in [4.78, 5) is 26.7. The van der Waals surface area contributed by atoms with Crippen LogP contribution in [-0.2, 0) is 9.53 Å². The number of piperidine rings is 3. The van der Waals surface area contributed by atoms with Crippen LogP contribution in [0.1, 0.15) is 41.1 Å². The highest BCUT2D eigenvalue weighted by molar-refractivity contribution is 5.97. The third-order valence-corrected chi connectivity index (χ3v) is 8.22. The maximum absolute atomic E-state index is 13.7. The van der Waals surface area contributed by atoms with Crippen LogP contribution in [0.15, 0.2) is 84.9 Å². The third-order valence-electron chi connectivity index (χ3n) is 8.22. The Morgan fingerprint density at radius 1 is 0.921 bits per heavy atom. The molecule has 3 aromatic carbocycles. The minimum Gasteiger partial charge on any atom is -0.497 e. The zero-order valence-corrected chi connectivity index (χ0v) is 22.1. The summed E-state index contributed by atoms with van der Waals surface area (Å²) in [6.45, 7) is 3.77. The van der Waals surface area contributed by atoms with Crippen LogP contribution in [0.4, 0.5) is 5.69 Å². The molecule has 1 N–H and O–H groups in total. The van der Waals surface area contributed by atoms with E-state index in [1.165, 1.54) is 0 Å². The highest BCUT2D eigenvalue weighted by atomic mass is 16.5. The molecule has 0 saturated carbocycles. The number of ketones is 1. The number of para-hydroxylation sites is 1. The van der Waals surface area contributed by atoms with Crippen molar-refractivity contribution >= 4 is 17.4 Å². The lowest BCUT2D eigenvalue weighted by Crippen LogP contribution is -2.65. The number of benzene rings is 3. The minimum absolute atomic E-state index is 0.156. The van der Waals surface area contributed by atoms with Crippen molar-refractivity contribution in [3.8, 4) is 5.75 Å². The average molecular weight is 514 g/mol. The van der Waals surface area contributed by atoms with E-state index in [2.05, 4.69) is 5.32 Å². The molecule has 3 aliphatic rings. The molecule has 3 fully saturated rings. The average Bonchev–Trinajstić information content (AvgIpc) is 2.97. The van der Waals surface area contributed by atoms with Crippen LogP contribution < -0.4 is 10.1 Å². The van der Waals surface area contributed by atoms with Gasteiger partial charge in [-0.3, -0.25) is 9.59 Å². The summed E-state index contributed by atoms with van der Waals surface area (Å²) in [5.74, 6) is 0.724. The fraction of sp³-hybridized carbons (Fsp3) is 0.375. The van der Waals surface area contributed by atoms with E-state index in [1.54, 1.807) is 7.11 Å². The molecule has 2 atom stereocenters. The number of rotatable bonds is 11. The molecule has 6 heteroatoms. The Morgan fingerprint density at radius 3 is 2.24 bits per heavy atom. The van der Waals surface area contributed by atoms with Crippen molar-refractivity contribution in [1.82, 2.24) is 0 Å². The SMILES string of the molecule is COc1ccc(C(CCNc2ccccc2)C(=O)OC2C[N+]3(CC(=O)c4ccccc4)CCC2CC3)cc1. The number of Topliss-reactive ketones (excluding diaryl/α,β-unsaturated/α-hetero) is 1. The van der Waals surface area contributed by atoms with Crippen LogP contribution in [0, 0.1) is 5.92 Å². The van der Waals surface area contributed by atoms with Gasteiger partial charge in [0.1, 0.15) is 18.8 Å². The Kier molecular flexibility index (Phi) is 8.08. The largest absolute Gasteiger partial charge is 0.497 e. The predicted molar refractivity (Wildman–Crippen MR) is 148 cm³/mol. The number of carbonyl (C=O) groups excluding carboxylic acids is 2. The predicted octanol–water partition coefficient (Wildman–Crippen LogP) is 5.32. The normalized spacial score (nSPS) is 22.9. The van der Waals surface area contributed by atoms with E-state index in [1.807, 2.05) is 84.9 Å². The lowest BCUT2D eigenvalue weighted by Gasteiger charge is -2.51. The lowest BCUT2D eigenvalue weighted by molar-refractivity contribution is -0.938. The van der Waals surface area contributed by atoms with Gasteiger partial charge in [0.25, 0.3) is 0 Å². The Hall–Kier alpha value is -3.64. The minimum atomic E-state index is -0.382. The zero-order chi connectivity index (χ0) is 26.4. The van der Waals surface area contributed by atoms with Crippen LogP contribution in [0.5, 0.6) is 5.75 Å². The Morgan fingerprint density at radius 2 is 1.58 bits per heavy atom. The van der Waals surface area contributed by atoms with E-state index in [9.17, 15) is 9.59 Å². The molecule has 0 spiro atoms. The summed E-state index contributed by atoms with van der Waals surface area (Å²) < 4.78 is 12.3. The molecule has 38 heavy (non-hydrogen) atoms. The molecule has 3 heterocycles. The number of anilines is 1. The number of fused-ring (bicyclic) bond motifs is 3. The smallest absolute Gasteiger partial charge is 0.313 e. The van der Waals surface area contributed by atoms with Gasteiger partial charge in [0.05, 0.1) is 26.1 Å². The number of nitrogens with one attached hydrogen (secondary N) is 1. The van der Waals surface area contributed by atoms with Gasteiger partial charge < -0.3 is 19.3 Å². The van der Waals surface area contributed by atoms with Crippen LogP contribution in [0.2, 0.25) is 0 Å². The fourth-order valence-corrected chi connectivity index (χ4v) is 6.00. The molecule has 6 nitrogen and oxygen atoms in total. The van der Waals surface area contributed by atoms with E-state index in [4.69, 9.17) is 9.47 Å². The van der Waals surface area contributed by atoms with Crippen molar-refractivity contribution in [3.63, 3.8) is 0 Å². The molecule has 3 aliphatic heterocycles.